The zero-order valence-corrected chi connectivity index (χ0v) is 21.1. The van der Waals surface area contributed by atoms with Crippen molar-refractivity contribution < 1.29 is 23.4 Å². The van der Waals surface area contributed by atoms with Crippen molar-refractivity contribution in [2.75, 3.05) is 13.7 Å². The zero-order valence-electron chi connectivity index (χ0n) is 21.1. The summed E-state index contributed by atoms with van der Waals surface area (Å²) in [6.45, 7) is 12.8. The molecule has 0 saturated heterocycles. The molecule has 184 valence electrons. The number of carbonyl (C=O) groups excluding carboxylic acids is 1. The fourth-order valence-electron chi connectivity index (χ4n) is 3.84. The van der Waals surface area contributed by atoms with E-state index in [4.69, 9.17) is 14.2 Å². The Morgan fingerprint density at radius 1 is 0.943 bits per heavy atom. The third-order valence-electron chi connectivity index (χ3n) is 5.69. The van der Waals surface area contributed by atoms with E-state index in [0.29, 0.717) is 35.8 Å². The first kappa shape index (κ1) is 26.0. The average molecular weight is 477 g/mol. The summed E-state index contributed by atoms with van der Waals surface area (Å²) in [4.78, 5) is 11.7. The van der Waals surface area contributed by atoms with Crippen molar-refractivity contribution in [3.63, 3.8) is 0 Å². The Bertz CT molecular complexity index is 1190. The first-order chi connectivity index (χ1) is 16.6. The second-order valence-corrected chi connectivity index (χ2v) is 9.37. The van der Waals surface area contributed by atoms with Crippen LogP contribution >= 0.6 is 0 Å². The minimum atomic E-state index is -0.298. The molecular weight excluding hydrogens is 443 g/mol. The smallest absolute Gasteiger partial charge is 0.310 e. The molecular formula is C30H33FO4. The topological polar surface area (TPSA) is 44.8 Å². The third-order valence-corrected chi connectivity index (χ3v) is 5.69. The maximum Gasteiger partial charge on any atom is 0.310 e. The Kier molecular flexibility index (Phi) is 8.34. The molecule has 0 aliphatic rings. The molecule has 35 heavy (non-hydrogen) atoms. The van der Waals surface area contributed by atoms with Gasteiger partial charge in [0.25, 0.3) is 0 Å². The van der Waals surface area contributed by atoms with Crippen LogP contribution in [0.25, 0.3) is 16.7 Å². The highest BCUT2D eigenvalue weighted by Crippen LogP contribution is 2.37. The molecule has 0 aliphatic carbocycles. The molecule has 0 fully saturated rings. The number of ether oxygens (including phenoxy) is 3. The molecule has 0 unspecified atom stereocenters. The van der Waals surface area contributed by atoms with Gasteiger partial charge in [-0.2, -0.15) is 0 Å². The predicted molar refractivity (Wildman–Crippen MR) is 138 cm³/mol. The van der Waals surface area contributed by atoms with E-state index in [9.17, 15) is 9.18 Å². The summed E-state index contributed by atoms with van der Waals surface area (Å²) in [7, 11) is 1.57. The van der Waals surface area contributed by atoms with Crippen LogP contribution in [0.15, 0.2) is 67.2 Å². The third kappa shape index (κ3) is 6.72. The molecule has 0 saturated carbocycles. The lowest BCUT2D eigenvalue weighted by Gasteiger charge is -2.24. The standard InChI is InChI=1S/C30H33FO4/c1-7-34-29(32)16-20(2)22-9-11-23(12-10-22)35-19-21-8-14-27(30(3,4)5)25(17-21)26-18-24(33-6)13-15-28(26)31/h8-15,17-18H,2,7,16,19H2,1,3-6H3. The van der Waals surface area contributed by atoms with E-state index in [2.05, 4.69) is 27.4 Å². The second-order valence-electron chi connectivity index (χ2n) is 9.37. The van der Waals surface area contributed by atoms with Crippen molar-refractivity contribution in [3.05, 3.63) is 89.8 Å². The zero-order chi connectivity index (χ0) is 25.6. The molecule has 0 heterocycles. The molecule has 0 radical (unpaired) electrons. The first-order valence-corrected chi connectivity index (χ1v) is 11.7. The summed E-state index contributed by atoms with van der Waals surface area (Å²) in [5, 5.41) is 0. The predicted octanol–water partition coefficient (Wildman–Crippen LogP) is 7.34. The molecule has 0 atom stereocenters. The van der Waals surface area contributed by atoms with Gasteiger partial charge in [0.15, 0.2) is 0 Å². The number of rotatable bonds is 9. The van der Waals surface area contributed by atoms with Gasteiger partial charge in [0.05, 0.1) is 20.1 Å². The average Bonchev–Trinajstić information content (AvgIpc) is 2.82. The lowest BCUT2D eigenvalue weighted by atomic mass is 9.81. The SMILES string of the molecule is C=C(CC(=O)OCC)c1ccc(OCc2ccc(C(C)(C)C)c(-c3cc(OC)ccc3F)c2)cc1. The van der Waals surface area contributed by atoms with Crippen LogP contribution in [0.2, 0.25) is 0 Å². The lowest BCUT2D eigenvalue weighted by Crippen LogP contribution is -2.13. The van der Waals surface area contributed by atoms with E-state index in [1.54, 1.807) is 26.2 Å². The first-order valence-electron chi connectivity index (χ1n) is 11.7. The van der Waals surface area contributed by atoms with Crippen molar-refractivity contribution in [1.82, 2.24) is 0 Å². The molecule has 0 bridgehead atoms. The van der Waals surface area contributed by atoms with Gasteiger partial charge in [-0.1, -0.05) is 51.6 Å². The normalized spacial score (nSPS) is 11.1. The Labute approximate surface area is 207 Å². The van der Waals surface area contributed by atoms with Crippen molar-refractivity contribution >= 4 is 11.5 Å². The Hall–Kier alpha value is -3.60. The Morgan fingerprint density at radius 2 is 1.63 bits per heavy atom. The van der Waals surface area contributed by atoms with Gasteiger partial charge in [0.1, 0.15) is 23.9 Å². The van der Waals surface area contributed by atoms with Crippen LogP contribution in [-0.2, 0) is 21.6 Å². The molecule has 0 aromatic heterocycles. The van der Waals surface area contributed by atoms with Gasteiger partial charge in [0.2, 0.25) is 0 Å². The van der Waals surface area contributed by atoms with Crippen molar-refractivity contribution in [1.29, 1.82) is 0 Å². The molecule has 3 aromatic rings. The summed E-state index contributed by atoms with van der Waals surface area (Å²) in [5.74, 6) is 0.701. The van der Waals surface area contributed by atoms with E-state index in [1.165, 1.54) is 6.07 Å². The van der Waals surface area contributed by atoms with E-state index in [-0.39, 0.29) is 23.6 Å². The maximum absolute atomic E-state index is 14.8. The van der Waals surface area contributed by atoms with Crippen LogP contribution in [0.5, 0.6) is 11.5 Å². The highest BCUT2D eigenvalue weighted by atomic mass is 19.1. The number of carbonyl (C=O) groups is 1. The highest BCUT2D eigenvalue weighted by Gasteiger charge is 2.21. The van der Waals surface area contributed by atoms with Gasteiger partial charge < -0.3 is 14.2 Å². The van der Waals surface area contributed by atoms with Gasteiger partial charge in [-0.3, -0.25) is 4.79 Å². The number of methoxy groups -OCH3 is 1. The second kappa shape index (κ2) is 11.2. The minimum absolute atomic E-state index is 0.151. The number of halogens is 1. The van der Waals surface area contributed by atoms with Crippen molar-refractivity contribution in [2.45, 2.75) is 46.1 Å². The summed E-state index contributed by atoms with van der Waals surface area (Å²) in [5.41, 5.74) is 4.66. The summed E-state index contributed by atoms with van der Waals surface area (Å²) in [6.07, 6.45) is 0.151. The van der Waals surface area contributed by atoms with Gasteiger partial charge >= 0.3 is 5.97 Å². The van der Waals surface area contributed by atoms with E-state index in [1.807, 2.05) is 42.5 Å². The monoisotopic (exact) mass is 476 g/mol. The number of hydrogen-bond donors (Lipinski definition) is 0. The summed E-state index contributed by atoms with van der Waals surface area (Å²) in [6, 6.07) is 18.2. The van der Waals surface area contributed by atoms with Crippen LogP contribution in [0.3, 0.4) is 0 Å². The fraction of sp³-hybridized carbons (Fsp3) is 0.300. The molecule has 0 spiro atoms. The van der Waals surface area contributed by atoms with E-state index in [0.717, 1.165) is 22.3 Å². The van der Waals surface area contributed by atoms with Crippen LogP contribution in [0.1, 0.15) is 50.8 Å². The molecule has 0 amide bonds. The van der Waals surface area contributed by atoms with E-state index >= 15 is 0 Å². The number of hydrogen-bond acceptors (Lipinski definition) is 4. The summed E-state index contributed by atoms with van der Waals surface area (Å²) >= 11 is 0. The molecule has 0 aliphatic heterocycles. The lowest BCUT2D eigenvalue weighted by molar-refractivity contribution is -0.141. The van der Waals surface area contributed by atoms with Gasteiger partial charge in [-0.15, -0.1) is 0 Å². The van der Waals surface area contributed by atoms with Crippen LogP contribution < -0.4 is 9.47 Å². The maximum atomic E-state index is 14.8. The van der Waals surface area contributed by atoms with Gasteiger partial charge in [0, 0.05) is 5.56 Å². The van der Waals surface area contributed by atoms with Gasteiger partial charge in [-0.25, -0.2) is 4.39 Å². The largest absolute Gasteiger partial charge is 0.497 e. The highest BCUT2D eigenvalue weighted by molar-refractivity contribution is 5.84. The van der Waals surface area contributed by atoms with Crippen LogP contribution in [-0.4, -0.2) is 19.7 Å². The summed E-state index contributed by atoms with van der Waals surface area (Å²) < 4.78 is 31.2. The number of esters is 1. The van der Waals surface area contributed by atoms with E-state index < -0.39 is 0 Å². The number of benzene rings is 3. The Morgan fingerprint density at radius 3 is 2.26 bits per heavy atom. The molecule has 5 heteroatoms. The Balaban J connectivity index is 1.80. The molecule has 3 aromatic carbocycles. The van der Waals surface area contributed by atoms with Crippen molar-refractivity contribution in [2.24, 2.45) is 0 Å². The van der Waals surface area contributed by atoms with Gasteiger partial charge in [-0.05, 0) is 76.6 Å². The quantitative estimate of drug-likeness (QED) is 0.303. The van der Waals surface area contributed by atoms with Crippen LogP contribution in [0, 0.1) is 5.82 Å². The van der Waals surface area contributed by atoms with Crippen molar-refractivity contribution in [3.8, 4) is 22.6 Å². The molecule has 0 N–H and O–H groups in total. The fourth-order valence-corrected chi connectivity index (χ4v) is 3.84. The molecule has 4 nitrogen and oxygen atoms in total. The van der Waals surface area contributed by atoms with Crippen LogP contribution in [0.4, 0.5) is 4.39 Å². The minimum Gasteiger partial charge on any atom is -0.497 e. The molecule has 3 rings (SSSR count).